The maximum absolute atomic E-state index is 13.5. The van der Waals surface area contributed by atoms with Crippen LogP contribution in [-0.2, 0) is 15.0 Å². The Balaban J connectivity index is 1.78. The Hall–Kier alpha value is -3.86. The fraction of sp³-hybridized carbons (Fsp3) is 0.185. The summed E-state index contributed by atoms with van der Waals surface area (Å²) in [5.41, 5.74) is 3.50. The van der Waals surface area contributed by atoms with Crippen molar-refractivity contribution in [3.8, 4) is 5.75 Å². The number of carbonyl (C=O) groups is 2. The quantitative estimate of drug-likeness (QED) is 0.556. The molecule has 0 unspecified atom stereocenters. The highest BCUT2D eigenvalue weighted by atomic mass is 16.5. The fourth-order valence-corrected chi connectivity index (χ4v) is 3.75. The van der Waals surface area contributed by atoms with Crippen molar-refractivity contribution in [3.05, 3.63) is 95.7 Å². The molecule has 4 rings (SSSR count). The van der Waals surface area contributed by atoms with E-state index in [1.54, 1.807) is 13.2 Å². The molecule has 3 aromatic carbocycles. The summed E-state index contributed by atoms with van der Waals surface area (Å²) < 4.78 is 5.42. The van der Waals surface area contributed by atoms with Crippen molar-refractivity contribution in [1.29, 1.82) is 0 Å². The van der Waals surface area contributed by atoms with Gasteiger partial charge in [-0.1, -0.05) is 75.4 Å². The molecule has 32 heavy (non-hydrogen) atoms. The second kappa shape index (κ2) is 8.35. The van der Waals surface area contributed by atoms with Gasteiger partial charge in [0.1, 0.15) is 11.4 Å². The van der Waals surface area contributed by atoms with Crippen LogP contribution in [0.1, 0.15) is 31.9 Å². The Kier molecular flexibility index (Phi) is 5.57. The highest BCUT2D eigenvalue weighted by molar-refractivity contribution is 6.46. The van der Waals surface area contributed by atoms with Crippen LogP contribution < -0.4 is 15.0 Å². The number of rotatable bonds is 5. The number of hydrogen-bond donors (Lipinski definition) is 1. The van der Waals surface area contributed by atoms with Gasteiger partial charge in [-0.25, -0.2) is 4.90 Å². The second-order valence-electron chi connectivity index (χ2n) is 8.68. The summed E-state index contributed by atoms with van der Waals surface area (Å²) >= 11 is 0. The van der Waals surface area contributed by atoms with E-state index in [1.807, 2.05) is 72.8 Å². The van der Waals surface area contributed by atoms with Gasteiger partial charge >= 0.3 is 0 Å². The molecule has 0 atom stereocenters. The first-order chi connectivity index (χ1) is 15.3. The van der Waals surface area contributed by atoms with Crippen molar-refractivity contribution in [2.75, 3.05) is 17.3 Å². The van der Waals surface area contributed by atoms with Crippen molar-refractivity contribution in [1.82, 2.24) is 0 Å². The summed E-state index contributed by atoms with van der Waals surface area (Å²) in [4.78, 5) is 28.3. The van der Waals surface area contributed by atoms with Gasteiger partial charge in [0.2, 0.25) is 0 Å². The number of ether oxygens (including phenoxy) is 1. The first kappa shape index (κ1) is 21.4. The van der Waals surface area contributed by atoms with E-state index in [-0.39, 0.29) is 17.0 Å². The van der Waals surface area contributed by atoms with Crippen molar-refractivity contribution in [2.45, 2.75) is 26.2 Å². The van der Waals surface area contributed by atoms with E-state index in [2.05, 4.69) is 26.1 Å². The van der Waals surface area contributed by atoms with E-state index in [1.165, 1.54) is 4.90 Å². The average Bonchev–Trinajstić information content (AvgIpc) is 3.03. The first-order valence-electron chi connectivity index (χ1n) is 10.5. The van der Waals surface area contributed by atoms with Gasteiger partial charge < -0.3 is 10.1 Å². The summed E-state index contributed by atoms with van der Waals surface area (Å²) in [5, 5.41) is 3.17. The Morgan fingerprint density at radius 3 is 2.03 bits per heavy atom. The monoisotopic (exact) mass is 426 g/mol. The number of carbonyl (C=O) groups excluding carboxylic acids is 2. The van der Waals surface area contributed by atoms with Crippen molar-refractivity contribution < 1.29 is 14.3 Å². The summed E-state index contributed by atoms with van der Waals surface area (Å²) in [6.45, 7) is 6.37. The van der Waals surface area contributed by atoms with Crippen LogP contribution in [0.25, 0.3) is 5.57 Å². The topological polar surface area (TPSA) is 58.6 Å². The normalized spacial score (nSPS) is 14.2. The molecule has 0 bridgehead atoms. The van der Waals surface area contributed by atoms with Gasteiger partial charge in [0.15, 0.2) is 0 Å². The molecule has 0 saturated carbocycles. The van der Waals surface area contributed by atoms with Crippen molar-refractivity contribution in [3.63, 3.8) is 0 Å². The molecule has 1 N–H and O–H groups in total. The molecule has 5 nitrogen and oxygen atoms in total. The van der Waals surface area contributed by atoms with Crippen LogP contribution in [0.2, 0.25) is 0 Å². The molecule has 0 fully saturated rings. The Morgan fingerprint density at radius 2 is 1.41 bits per heavy atom. The van der Waals surface area contributed by atoms with Crippen LogP contribution in [0.3, 0.4) is 0 Å². The van der Waals surface area contributed by atoms with Crippen LogP contribution in [0, 0.1) is 0 Å². The highest BCUT2D eigenvalue weighted by Crippen LogP contribution is 2.36. The maximum Gasteiger partial charge on any atom is 0.282 e. The third kappa shape index (κ3) is 3.89. The molecule has 0 aliphatic carbocycles. The summed E-state index contributed by atoms with van der Waals surface area (Å²) in [5.74, 6) is -0.175. The first-order valence-corrected chi connectivity index (χ1v) is 10.5. The van der Waals surface area contributed by atoms with E-state index >= 15 is 0 Å². The standard InChI is InChI=1S/C27H26N2O3/c1-27(2,3)19-14-16-20(17-15-19)29-25(30)23(18-10-6-5-7-11-18)24(26(29)31)28-21-12-8-9-13-22(21)32-4/h5-17,28H,1-4H3. The van der Waals surface area contributed by atoms with E-state index in [9.17, 15) is 9.59 Å². The Morgan fingerprint density at radius 1 is 0.781 bits per heavy atom. The van der Waals surface area contributed by atoms with Gasteiger partial charge in [0.05, 0.1) is 24.1 Å². The summed E-state index contributed by atoms with van der Waals surface area (Å²) in [6, 6.07) is 24.1. The smallest absolute Gasteiger partial charge is 0.282 e. The lowest BCUT2D eigenvalue weighted by molar-refractivity contribution is -0.120. The SMILES string of the molecule is COc1ccccc1NC1=C(c2ccccc2)C(=O)N(c2ccc(C(C)(C)C)cc2)C1=O. The molecule has 1 heterocycles. The van der Waals surface area contributed by atoms with Gasteiger partial charge in [-0.2, -0.15) is 0 Å². The van der Waals surface area contributed by atoms with Gasteiger partial charge in [-0.15, -0.1) is 0 Å². The molecule has 5 heteroatoms. The van der Waals surface area contributed by atoms with Gasteiger partial charge in [0.25, 0.3) is 11.8 Å². The fourth-order valence-electron chi connectivity index (χ4n) is 3.75. The zero-order valence-corrected chi connectivity index (χ0v) is 18.7. The molecule has 2 amide bonds. The van der Waals surface area contributed by atoms with Crippen LogP contribution >= 0.6 is 0 Å². The second-order valence-corrected chi connectivity index (χ2v) is 8.68. The lowest BCUT2D eigenvalue weighted by atomic mass is 9.87. The Labute approximate surface area is 188 Å². The molecule has 0 aromatic heterocycles. The highest BCUT2D eigenvalue weighted by Gasteiger charge is 2.40. The number of anilines is 2. The van der Waals surface area contributed by atoms with Crippen molar-refractivity contribution >= 4 is 28.8 Å². The molecule has 0 saturated heterocycles. The number of nitrogens with one attached hydrogen (secondary N) is 1. The van der Waals surface area contributed by atoms with Crippen molar-refractivity contribution in [2.24, 2.45) is 0 Å². The zero-order valence-electron chi connectivity index (χ0n) is 18.7. The van der Waals surface area contributed by atoms with E-state index in [0.29, 0.717) is 28.3 Å². The average molecular weight is 427 g/mol. The minimum atomic E-state index is -0.400. The molecule has 162 valence electrons. The van der Waals surface area contributed by atoms with Crippen LogP contribution in [0.4, 0.5) is 11.4 Å². The van der Waals surface area contributed by atoms with Gasteiger partial charge in [0, 0.05) is 0 Å². The summed E-state index contributed by atoms with van der Waals surface area (Å²) in [7, 11) is 1.57. The number of methoxy groups -OCH3 is 1. The Bertz CT molecular complexity index is 1190. The molecular formula is C27H26N2O3. The largest absolute Gasteiger partial charge is 0.495 e. The van der Waals surface area contributed by atoms with Crippen LogP contribution in [-0.4, -0.2) is 18.9 Å². The van der Waals surface area contributed by atoms with Crippen LogP contribution in [0.15, 0.2) is 84.6 Å². The molecule has 3 aromatic rings. The zero-order chi connectivity index (χ0) is 22.9. The van der Waals surface area contributed by atoms with E-state index in [0.717, 1.165) is 5.56 Å². The lowest BCUT2D eigenvalue weighted by Crippen LogP contribution is -2.32. The third-order valence-corrected chi connectivity index (χ3v) is 5.50. The van der Waals surface area contributed by atoms with Gasteiger partial charge in [-0.3, -0.25) is 9.59 Å². The predicted molar refractivity (Wildman–Crippen MR) is 128 cm³/mol. The predicted octanol–water partition coefficient (Wildman–Crippen LogP) is 5.39. The number of benzene rings is 3. The minimum absolute atomic E-state index is 0.0262. The molecule has 0 radical (unpaired) electrons. The number of hydrogen-bond acceptors (Lipinski definition) is 4. The van der Waals surface area contributed by atoms with E-state index < -0.39 is 5.91 Å². The lowest BCUT2D eigenvalue weighted by Gasteiger charge is -2.21. The number of para-hydroxylation sites is 2. The molecular weight excluding hydrogens is 400 g/mol. The molecule has 1 aliphatic rings. The van der Waals surface area contributed by atoms with Crippen LogP contribution in [0.5, 0.6) is 5.75 Å². The number of amides is 2. The molecule has 1 aliphatic heterocycles. The number of nitrogens with zero attached hydrogens (tertiary/aromatic N) is 1. The number of imide groups is 1. The van der Waals surface area contributed by atoms with E-state index in [4.69, 9.17) is 4.74 Å². The van der Waals surface area contributed by atoms with Gasteiger partial charge in [-0.05, 0) is 40.8 Å². The summed E-state index contributed by atoms with van der Waals surface area (Å²) in [6.07, 6.45) is 0. The minimum Gasteiger partial charge on any atom is -0.495 e. The molecule has 0 spiro atoms. The third-order valence-electron chi connectivity index (χ3n) is 5.50. The maximum atomic E-state index is 13.5.